The number of rotatable bonds is 7. The first kappa shape index (κ1) is 20.8. The van der Waals surface area contributed by atoms with Crippen molar-refractivity contribution < 1.29 is 9.90 Å². The van der Waals surface area contributed by atoms with E-state index in [9.17, 15) is 9.90 Å². The first-order chi connectivity index (χ1) is 14.5. The smallest absolute Gasteiger partial charge is 0.220 e. The van der Waals surface area contributed by atoms with E-state index in [0.717, 1.165) is 50.5 Å². The average Bonchev–Trinajstić information content (AvgIpc) is 3.15. The molecule has 4 rings (SSSR count). The lowest BCUT2D eigenvalue weighted by atomic mass is 9.92. The summed E-state index contributed by atoms with van der Waals surface area (Å²) in [5, 5.41) is 14.0. The number of aliphatic hydroxyl groups is 1. The van der Waals surface area contributed by atoms with Crippen molar-refractivity contribution >= 4 is 11.7 Å². The Hall–Kier alpha value is -2.51. The van der Waals surface area contributed by atoms with Crippen LogP contribution in [0.1, 0.15) is 42.5 Å². The maximum atomic E-state index is 12.3. The van der Waals surface area contributed by atoms with Gasteiger partial charge in [-0.05, 0) is 43.9 Å². The number of nitrogens with one attached hydrogen (secondary N) is 1. The van der Waals surface area contributed by atoms with Crippen LogP contribution in [0.5, 0.6) is 0 Å². The molecule has 0 saturated carbocycles. The number of carbonyl (C=O) groups is 1. The van der Waals surface area contributed by atoms with Crippen LogP contribution in [-0.4, -0.2) is 57.7 Å². The van der Waals surface area contributed by atoms with E-state index in [1.54, 1.807) is 6.33 Å². The lowest BCUT2D eigenvalue weighted by molar-refractivity contribution is -0.122. The third kappa shape index (κ3) is 5.15. The molecule has 0 aliphatic carbocycles. The number of β-amino-alcohol motifs (C(OH)–C–C–N with tert-alkyl or cyclic N) is 1. The van der Waals surface area contributed by atoms with Gasteiger partial charge >= 0.3 is 0 Å². The standard InChI is InChI=1S/C23H31N5O2/c1-18-12-21(26-17-25-18)28-11-5-9-23(30,16-28)15-24-22(29)8-4-10-27-13-19-6-2-3-7-20(19)14-27/h2-3,6-7,12,17,30H,4-5,8-11,13-16H2,1H3,(H,24,29)/t23-/m0/s1. The number of aromatic nitrogens is 2. The summed E-state index contributed by atoms with van der Waals surface area (Å²) in [6.07, 6.45) is 4.41. The van der Waals surface area contributed by atoms with Gasteiger partial charge in [-0.3, -0.25) is 9.69 Å². The first-order valence-electron chi connectivity index (χ1n) is 10.8. The molecule has 0 spiro atoms. The van der Waals surface area contributed by atoms with Crippen molar-refractivity contribution in [2.45, 2.75) is 51.3 Å². The monoisotopic (exact) mass is 409 g/mol. The van der Waals surface area contributed by atoms with Crippen LogP contribution in [0.3, 0.4) is 0 Å². The number of piperidine rings is 1. The second kappa shape index (κ2) is 9.10. The Bertz CT molecular complexity index is 864. The third-order valence-corrected chi connectivity index (χ3v) is 6.07. The summed E-state index contributed by atoms with van der Waals surface area (Å²) in [7, 11) is 0. The summed E-state index contributed by atoms with van der Waals surface area (Å²) in [6, 6.07) is 10.5. The lowest BCUT2D eigenvalue weighted by Crippen LogP contribution is -2.54. The highest BCUT2D eigenvalue weighted by Crippen LogP contribution is 2.25. The Morgan fingerprint density at radius 1 is 1.23 bits per heavy atom. The quantitative estimate of drug-likeness (QED) is 0.728. The Morgan fingerprint density at radius 3 is 2.73 bits per heavy atom. The first-order valence-corrected chi connectivity index (χ1v) is 10.8. The predicted octanol–water partition coefficient (Wildman–Crippen LogP) is 2.03. The lowest BCUT2D eigenvalue weighted by Gasteiger charge is -2.39. The van der Waals surface area contributed by atoms with E-state index in [1.165, 1.54) is 11.1 Å². The zero-order chi connectivity index (χ0) is 21.0. The van der Waals surface area contributed by atoms with Crippen LogP contribution in [0.25, 0.3) is 0 Å². The Kier molecular flexibility index (Phi) is 6.29. The summed E-state index contributed by atoms with van der Waals surface area (Å²) in [6.45, 7) is 6.38. The molecule has 7 nitrogen and oxygen atoms in total. The normalized spacial score (nSPS) is 21.5. The molecule has 0 unspecified atom stereocenters. The molecule has 1 atom stereocenters. The van der Waals surface area contributed by atoms with Crippen molar-refractivity contribution in [3.63, 3.8) is 0 Å². The number of anilines is 1. The van der Waals surface area contributed by atoms with Gasteiger partial charge in [-0.2, -0.15) is 0 Å². The van der Waals surface area contributed by atoms with E-state index >= 15 is 0 Å². The molecule has 2 aromatic rings. The van der Waals surface area contributed by atoms with E-state index in [0.29, 0.717) is 19.4 Å². The van der Waals surface area contributed by atoms with Gasteiger partial charge < -0.3 is 15.3 Å². The van der Waals surface area contributed by atoms with Gasteiger partial charge in [-0.1, -0.05) is 24.3 Å². The van der Waals surface area contributed by atoms with Crippen LogP contribution in [0.2, 0.25) is 0 Å². The summed E-state index contributed by atoms with van der Waals surface area (Å²) in [5.74, 6) is 0.841. The maximum Gasteiger partial charge on any atom is 0.220 e. The van der Waals surface area contributed by atoms with Gasteiger partial charge in [0.25, 0.3) is 0 Å². The van der Waals surface area contributed by atoms with Gasteiger partial charge in [0.2, 0.25) is 5.91 Å². The second-order valence-corrected chi connectivity index (χ2v) is 8.63. The van der Waals surface area contributed by atoms with Crippen LogP contribution >= 0.6 is 0 Å². The number of hydrogen-bond donors (Lipinski definition) is 2. The van der Waals surface area contributed by atoms with Gasteiger partial charge in [0.15, 0.2) is 0 Å². The minimum Gasteiger partial charge on any atom is -0.386 e. The molecule has 2 aliphatic rings. The molecule has 7 heteroatoms. The van der Waals surface area contributed by atoms with Crippen LogP contribution in [0.4, 0.5) is 5.82 Å². The van der Waals surface area contributed by atoms with E-state index in [1.807, 2.05) is 13.0 Å². The van der Waals surface area contributed by atoms with Crippen LogP contribution in [0, 0.1) is 6.92 Å². The van der Waals surface area contributed by atoms with E-state index < -0.39 is 5.60 Å². The van der Waals surface area contributed by atoms with Gasteiger partial charge in [0, 0.05) is 50.9 Å². The van der Waals surface area contributed by atoms with Gasteiger partial charge in [-0.25, -0.2) is 9.97 Å². The second-order valence-electron chi connectivity index (χ2n) is 8.63. The topological polar surface area (TPSA) is 81.6 Å². The zero-order valence-electron chi connectivity index (χ0n) is 17.7. The van der Waals surface area contributed by atoms with Gasteiger partial charge in [0.1, 0.15) is 12.1 Å². The maximum absolute atomic E-state index is 12.3. The summed E-state index contributed by atoms with van der Waals surface area (Å²) in [4.78, 5) is 25.3. The predicted molar refractivity (Wildman–Crippen MR) is 116 cm³/mol. The molecule has 3 heterocycles. The molecule has 1 amide bonds. The number of hydrogen-bond acceptors (Lipinski definition) is 6. The van der Waals surface area contributed by atoms with Gasteiger partial charge in [-0.15, -0.1) is 0 Å². The fourth-order valence-electron chi connectivity index (χ4n) is 4.44. The molecule has 0 radical (unpaired) electrons. The highest BCUT2D eigenvalue weighted by atomic mass is 16.3. The molecule has 2 N–H and O–H groups in total. The highest BCUT2D eigenvalue weighted by Gasteiger charge is 2.34. The van der Waals surface area contributed by atoms with E-state index in [4.69, 9.17) is 0 Å². The fraction of sp³-hybridized carbons (Fsp3) is 0.522. The number of nitrogens with zero attached hydrogens (tertiary/aromatic N) is 4. The SMILES string of the molecule is Cc1cc(N2CCC[C@](O)(CNC(=O)CCCN3Cc4ccccc4C3)C2)ncn1. The minimum atomic E-state index is -0.927. The average molecular weight is 410 g/mol. The molecule has 160 valence electrons. The van der Waals surface area contributed by atoms with Crippen molar-refractivity contribution in [1.82, 2.24) is 20.2 Å². The molecule has 1 aromatic heterocycles. The Labute approximate surface area is 178 Å². The Balaban J connectivity index is 1.20. The van der Waals surface area contributed by atoms with Crippen LogP contribution in [0.15, 0.2) is 36.7 Å². The summed E-state index contributed by atoms with van der Waals surface area (Å²) < 4.78 is 0. The molecular formula is C23H31N5O2. The highest BCUT2D eigenvalue weighted by molar-refractivity contribution is 5.75. The van der Waals surface area contributed by atoms with E-state index in [2.05, 4.69) is 49.4 Å². The number of aryl methyl sites for hydroxylation is 1. The van der Waals surface area contributed by atoms with Crippen molar-refractivity contribution in [3.05, 3.63) is 53.5 Å². The number of amides is 1. The van der Waals surface area contributed by atoms with Crippen LogP contribution < -0.4 is 10.2 Å². The van der Waals surface area contributed by atoms with Gasteiger partial charge in [0.05, 0.1) is 5.60 Å². The fourth-order valence-corrected chi connectivity index (χ4v) is 4.44. The van der Waals surface area contributed by atoms with Crippen molar-refractivity contribution in [1.29, 1.82) is 0 Å². The van der Waals surface area contributed by atoms with Crippen molar-refractivity contribution in [2.75, 3.05) is 31.1 Å². The molecule has 30 heavy (non-hydrogen) atoms. The number of benzene rings is 1. The minimum absolute atomic E-state index is 0.00939. The number of carbonyl (C=O) groups excluding carboxylic acids is 1. The third-order valence-electron chi connectivity index (χ3n) is 6.07. The zero-order valence-corrected chi connectivity index (χ0v) is 17.7. The molecule has 0 bridgehead atoms. The molecule has 1 fully saturated rings. The molecule has 2 aliphatic heterocycles. The summed E-state index contributed by atoms with van der Waals surface area (Å²) >= 11 is 0. The van der Waals surface area contributed by atoms with Crippen LogP contribution in [-0.2, 0) is 17.9 Å². The Morgan fingerprint density at radius 2 is 2.00 bits per heavy atom. The van der Waals surface area contributed by atoms with E-state index in [-0.39, 0.29) is 12.5 Å². The summed E-state index contributed by atoms with van der Waals surface area (Å²) in [5.41, 5.74) is 2.77. The van der Waals surface area contributed by atoms with Crippen molar-refractivity contribution in [2.24, 2.45) is 0 Å². The molecular weight excluding hydrogens is 378 g/mol. The molecule has 1 aromatic carbocycles. The van der Waals surface area contributed by atoms with Crippen molar-refractivity contribution in [3.8, 4) is 0 Å². The number of fused-ring (bicyclic) bond motifs is 1. The molecule has 1 saturated heterocycles. The largest absolute Gasteiger partial charge is 0.386 e.